The van der Waals surface area contributed by atoms with Gasteiger partial charge in [-0.1, -0.05) is 18.2 Å². The van der Waals surface area contributed by atoms with Crippen LogP contribution in [0, 0.1) is 5.92 Å². The molecule has 6 heteroatoms. The van der Waals surface area contributed by atoms with Crippen molar-refractivity contribution < 1.29 is 18.7 Å². The summed E-state index contributed by atoms with van der Waals surface area (Å²) < 4.78 is 16.6. The minimum Gasteiger partial charge on any atom is -0.493 e. The molecule has 1 fully saturated rings. The zero-order chi connectivity index (χ0) is 19.3. The van der Waals surface area contributed by atoms with E-state index in [0.29, 0.717) is 44.1 Å². The first-order valence-corrected chi connectivity index (χ1v) is 9.57. The highest BCUT2D eigenvalue weighted by Gasteiger charge is 2.16. The molecule has 1 aliphatic carbocycles. The predicted octanol–water partition coefficient (Wildman–Crippen LogP) is 2.71. The van der Waals surface area contributed by atoms with Gasteiger partial charge in [-0.05, 0) is 30.2 Å². The highest BCUT2D eigenvalue weighted by Crippen LogP contribution is 2.24. The van der Waals surface area contributed by atoms with Gasteiger partial charge in [0.05, 0.1) is 19.8 Å². The number of nitrogens with zero attached hydrogens (tertiary/aromatic N) is 1. The molecule has 0 N–H and O–H groups in total. The number of carbonyl (C=O) groups excluding carboxylic acids is 1. The summed E-state index contributed by atoms with van der Waals surface area (Å²) in [6, 6.07) is 7.12. The van der Waals surface area contributed by atoms with Crippen molar-refractivity contribution in [2.24, 2.45) is 5.92 Å². The Morgan fingerprint density at radius 2 is 1.96 bits per heavy atom. The number of ether oxygens (including phenoxy) is 2. The molecule has 0 amide bonds. The number of fused-ring (bicyclic) bond motifs is 1. The van der Waals surface area contributed by atoms with Gasteiger partial charge in [0.25, 0.3) is 0 Å². The Labute approximate surface area is 163 Å². The lowest BCUT2D eigenvalue weighted by Gasteiger charge is -2.26. The number of ketones is 1. The summed E-state index contributed by atoms with van der Waals surface area (Å²) in [6.45, 7) is 4.24. The van der Waals surface area contributed by atoms with Crippen LogP contribution in [0.5, 0.6) is 5.75 Å². The topological polar surface area (TPSA) is 69.0 Å². The van der Waals surface area contributed by atoms with Crippen molar-refractivity contribution in [3.8, 4) is 5.75 Å². The summed E-state index contributed by atoms with van der Waals surface area (Å²) in [5, 5.41) is 0.911. The lowest BCUT2D eigenvalue weighted by Crippen LogP contribution is -2.35. The number of morpholine rings is 1. The fraction of sp³-hybridized carbons (Fsp3) is 0.364. The molecule has 0 saturated carbocycles. The van der Waals surface area contributed by atoms with E-state index in [2.05, 4.69) is 4.90 Å². The van der Waals surface area contributed by atoms with Gasteiger partial charge >= 0.3 is 5.63 Å². The quantitative estimate of drug-likeness (QED) is 0.717. The summed E-state index contributed by atoms with van der Waals surface area (Å²) in [5.41, 5.74) is 1.10. The van der Waals surface area contributed by atoms with Gasteiger partial charge in [0, 0.05) is 43.1 Å². The fourth-order valence-corrected chi connectivity index (χ4v) is 3.54. The molecule has 1 unspecified atom stereocenters. The number of carbonyl (C=O) groups is 1. The van der Waals surface area contributed by atoms with Gasteiger partial charge in [-0.2, -0.15) is 0 Å². The third-order valence-corrected chi connectivity index (χ3v) is 5.08. The maximum Gasteiger partial charge on any atom is 0.336 e. The van der Waals surface area contributed by atoms with E-state index in [4.69, 9.17) is 13.9 Å². The minimum absolute atomic E-state index is 0.100. The van der Waals surface area contributed by atoms with E-state index in [1.54, 1.807) is 24.3 Å². The van der Waals surface area contributed by atoms with Crippen LogP contribution in [0.4, 0.5) is 0 Å². The molecular formula is C22H23NO5. The Balaban J connectivity index is 1.46. The van der Waals surface area contributed by atoms with Crippen molar-refractivity contribution in [2.75, 3.05) is 32.9 Å². The Kier molecular flexibility index (Phi) is 5.69. The van der Waals surface area contributed by atoms with Crippen LogP contribution in [-0.2, 0) is 16.1 Å². The van der Waals surface area contributed by atoms with Gasteiger partial charge in [-0.15, -0.1) is 0 Å². The van der Waals surface area contributed by atoms with E-state index in [-0.39, 0.29) is 17.3 Å². The molecule has 28 heavy (non-hydrogen) atoms. The Hall–Kier alpha value is -2.70. The van der Waals surface area contributed by atoms with Gasteiger partial charge < -0.3 is 13.9 Å². The van der Waals surface area contributed by atoms with E-state index in [1.807, 2.05) is 24.3 Å². The first kappa shape index (κ1) is 18.7. The van der Waals surface area contributed by atoms with Crippen molar-refractivity contribution in [1.82, 2.24) is 4.90 Å². The molecule has 1 aromatic heterocycles. The van der Waals surface area contributed by atoms with Crippen LogP contribution >= 0.6 is 0 Å². The second kappa shape index (κ2) is 8.54. The van der Waals surface area contributed by atoms with E-state index >= 15 is 0 Å². The maximum atomic E-state index is 12.0. The Bertz CT molecular complexity index is 969. The molecule has 1 aliphatic heterocycles. The number of allylic oxidation sites excluding steroid dienone is 4. The average Bonchev–Trinajstić information content (AvgIpc) is 2.70. The van der Waals surface area contributed by atoms with Gasteiger partial charge in [0.15, 0.2) is 5.78 Å². The number of benzene rings is 1. The Morgan fingerprint density at radius 3 is 2.79 bits per heavy atom. The molecule has 1 atom stereocenters. The van der Waals surface area contributed by atoms with Crippen molar-refractivity contribution in [2.45, 2.75) is 13.0 Å². The summed E-state index contributed by atoms with van der Waals surface area (Å²) in [4.78, 5) is 26.1. The highest BCUT2D eigenvalue weighted by atomic mass is 16.5. The summed E-state index contributed by atoms with van der Waals surface area (Å²) in [7, 11) is 0. The van der Waals surface area contributed by atoms with Gasteiger partial charge in [0.2, 0.25) is 0 Å². The second-order valence-electron chi connectivity index (χ2n) is 7.03. The lowest BCUT2D eigenvalue weighted by atomic mass is 9.96. The maximum absolute atomic E-state index is 12.0. The van der Waals surface area contributed by atoms with Crippen LogP contribution < -0.4 is 10.4 Å². The van der Waals surface area contributed by atoms with E-state index in [0.717, 1.165) is 24.0 Å². The first-order valence-electron chi connectivity index (χ1n) is 9.57. The van der Waals surface area contributed by atoms with Crippen molar-refractivity contribution in [3.05, 3.63) is 64.6 Å². The molecular weight excluding hydrogens is 358 g/mol. The molecule has 1 aromatic carbocycles. The largest absolute Gasteiger partial charge is 0.493 e. The van der Waals surface area contributed by atoms with Crippen LogP contribution in [0.1, 0.15) is 12.0 Å². The molecule has 2 aromatic rings. The number of rotatable bonds is 6. The lowest BCUT2D eigenvalue weighted by molar-refractivity contribution is -0.117. The van der Waals surface area contributed by atoms with Gasteiger partial charge in [-0.3, -0.25) is 9.69 Å². The molecule has 146 valence electrons. The van der Waals surface area contributed by atoms with Crippen LogP contribution in [0.2, 0.25) is 0 Å². The van der Waals surface area contributed by atoms with Crippen LogP contribution in [0.25, 0.3) is 11.0 Å². The number of hydrogen-bond acceptors (Lipinski definition) is 6. The average molecular weight is 381 g/mol. The monoisotopic (exact) mass is 381 g/mol. The van der Waals surface area contributed by atoms with E-state index < -0.39 is 0 Å². The van der Waals surface area contributed by atoms with Crippen molar-refractivity contribution >= 4 is 16.8 Å². The van der Waals surface area contributed by atoms with Crippen molar-refractivity contribution in [1.29, 1.82) is 0 Å². The zero-order valence-corrected chi connectivity index (χ0v) is 15.6. The second-order valence-corrected chi connectivity index (χ2v) is 7.03. The standard InChI is InChI=1S/C22H23NO5/c24-20-4-2-1-3-16(20)7-10-27-18-5-6-19-17(13-22(25)28-21(19)14-18)15-23-8-11-26-12-9-23/h1-6,13-14,16H,7-12,15H2. The van der Waals surface area contributed by atoms with Gasteiger partial charge in [0.1, 0.15) is 11.3 Å². The molecule has 2 aliphatic rings. The third-order valence-electron chi connectivity index (χ3n) is 5.08. The molecule has 0 spiro atoms. The molecule has 2 heterocycles. The number of hydrogen-bond donors (Lipinski definition) is 0. The smallest absolute Gasteiger partial charge is 0.336 e. The van der Waals surface area contributed by atoms with E-state index in [9.17, 15) is 9.59 Å². The molecule has 1 saturated heterocycles. The first-order chi connectivity index (χ1) is 13.7. The Morgan fingerprint density at radius 1 is 1.11 bits per heavy atom. The van der Waals surface area contributed by atoms with Crippen LogP contribution in [-0.4, -0.2) is 43.6 Å². The normalized spacial score (nSPS) is 20.0. The highest BCUT2D eigenvalue weighted by molar-refractivity contribution is 5.94. The SMILES string of the molecule is O=C1C=CC=CC1CCOc1ccc2c(CN3CCOCC3)cc(=O)oc2c1. The molecule has 0 radical (unpaired) electrons. The third kappa shape index (κ3) is 4.40. The fourth-order valence-electron chi connectivity index (χ4n) is 3.54. The molecule has 6 nitrogen and oxygen atoms in total. The van der Waals surface area contributed by atoms with Crippen LogP contribution in [0.3, 0.4) is 0 Å². The summed E-state index contributed by atoms with van der Waals surface area (Å²) >= 11 is 0. The summed E-state index contributed by atoms with van der Waals surface area (Å²) in [5.74, 6) is 0.592. The zero-order valence-electron chi connectivity index (χ0n) is 15.6. The van der Waals surface area contributed by atoms with E-state index in [1.165, 1.54) is 0 Å². The van der Waals surface area contributed by atoms with Gasteiger partial charge in [-0.25, -0.2) is 4.79 Å². The molecule has 4 rings (SSSR count). The minimum atomic E-state index is -0.363. The molecule has 0 bridgehead atoms. The summed E-state index contributed by atoms with van der Waals surface area (Å²) in [6.07, 6.45) is 7.72. The predicted molar refractivity (Wildman–Crippen MR) is 105 cm³/mol. The van der Waals surface area contributed by atoms with Crippen LogP contribution in [0.15, 0.2) is 57.8 Å². The van der Waals surface area contributed by atoms with Crippen molar-refractivity contribution in [3.63, 3.8) is 0 Å².